The zero-order chi connectivity index (χ0) is 25.0. The van der Waals surface area contributed by atoms with Crippen LogP contribution in [0.15, 0.2) is 27.8 Å². The molecule has 10 nitrogen and oxygen atoms in total. The molecular formula is C22H32N4O6S. The summed E-state index contributed by atoms with van der Waals surface area (Å²) >= 11 is 0. The lowest BCUT2D eigenvalue weighted by atomic mass is 10.0. The van der Waals surface area contributed by atoms with Gasteiger partial charge in [-0.3, -0.25) is 4.79 Å². The summed E-state index contributed by atoms with van der Waals surface area (Å²) in [6, 6.07) is 4.72. The normalized spacial score (nSPS) is 13.0. The van der Waals surface area contributed by atoms with Gasteiger partial charge in [-0.05, 0) is 64.2 Å². The van der Waals surface area contributed by atoms with Gasteiger partial charge in [-0.25, -0.2) is 13.2 Å². The molecule has 1 atom stereocenters. The quantitative estimate of drug-likeness (QED) is 0.582. The van der Waals surface area contributed by atoms with Gasteiger partial charge in [-0.15, -0.1) is 5.10 Å². The van der Waals surface area contributed by atoms with E-state index in [1.165, 1.54) is 0 Å². The number of rotatable bonds is 8. The summed E-state index contributed by atoms with van der Waals surface area (Å²) in [5, 5.41) is 12.0. The van der Waals surface area contributed by atoms with Crippen molar-refractivity contribution < 1.29 is 27.2 Å². The minimum atomic E-state index is -4.20. The van der Waals surface area contributed by atoms with Crippen molar-refractivity contribution in [2.24, 2.45) is 5.92 Å². The van der Waals surface area contributed by atoms with E-state index in [2.05, 4.69) is 20.8 Å². The van der Waals surface area contributed by atoms with Crippen LogP contribution in [-0.4, -0.2) is 42.0 Å². The largest absolute Gasteiger partial charge is 0.444 e. The van der Waals surface area contributed by atoms with Crippen LogP contribution in [0.3, 0.4) is 0 Å². The van der Waals surface area contributed by atoms with Crippen LogP contribution in [0, 0.1) is 19.8 Å². The number of ether oxygens (including phenoxy) is 1. The van der Waals surface area contributed by atoms with E-state index in [9.17, 15) is 18.0 Å². The molecule has 0 radical (unpaired) electrons. The Morgan fingerprint density at radius 2 is 1.82 bits per heavy atom. The number of sulfone groups is 1. The van der Waals surface area contributed by atoms with E-state index in [1.807, 2.05) is 32.9 Å². The van der Waals surface area contributed by atoms with Crippen molar-refractivity contribution in [2.75, 3.05) is 11.1 Å². The van der Waals surface area contributed by atoms with Gasteiger partial charge in [0.1, 0.15) is 17.4 Å². The van der Waals surface area contributed by atoms with Crippen LogP contribution < -0.4 is 10.6 Å². The average Bonchev–Trinajstić information content (AvgIpc) is 3.13. The fourth-order valence-electron chi connectivity index (χ4n) is 2.92. The van der Waals surface area contributed by atoms with Crippen LogP contribution in [0.1, 0.15) is 64.1 Å². The van der Waals surface area contributed by atoms with E-state index in [0.29, 0.717) is 12.1 Å². The number of nitrogens with zero attached hydrogens (tertiary/aromatic N) is 2. The van der Waals surface area contributed by atoms with Crippen LogP contribution >= 0.6 is 0 Å². The van der Waals surface area contributed by atoms with Gasteiger partial charge in [0.05, 0.1) is 0 Å². The van der Waals surface area contributed by atoms with Gasteiger partial charge < -0.3 is 19.8 Å². The molecule has 0 spiro atoms. The lowest BCUT2D eigenvalue weighted by Gasteiger charge is -2.22. The molecule has 0 saturated heterocycles. The first-order valence-electron chi connectivity index (χ1n) is 10.6. The van der Waals surface area contributed by atoms with Crippen molar-refractivity contribution >= 4 is 27.5 Å². The third kappa shape index (κ3) is 8.16. The first-order chi connectivity index (χ1) is 15.2. The van der Waals surface area contributed by atoms with Gasteiger partial charge in [0.2, 0.25) is 21.6 Å². The third-order valence-electron chi connectivity index (χ3n) is 4.37. The molecule has 11 heteroatoms. The minimum absolute atomic E-state index is 0.0805. The second kappa shape index (κ2) is 10.3. The molecule has 182 valence electrons. The molecule has 1 heterocycles. The predicted molar refractivity (Wildman–Crippen MR) is 122 cm³/mol. The molecule has 2 N–H and O–H groups in total. The number of aryl methyl sites for hydroxylation is 2. The fourth-order valence-corrected chi connectivity index (χ4v) is 3.84. The average molecular weight is 481 g/mol. The molecule has 1 aromatic carbocycles. The van der Waals surface area contributed by atoms with Crippen molar-refractivity contribution in [3.05, 3.63) is 35.2 Å². The monoisotopic (exact) mass is 480 g/mol. The maximum absolute atomic E-state index is 12.7. The van der Waals surface area contributed by atoms with E-state index in [-0.39, 0.29) is 11.8 Å². The maximum atomic E-state index is 12.7. The molecule has 0 aliphatic rings. The standard InChI is InChI=1S/C22H32N4O6S/c1-13(2)10-17(24-20(28)32-22(5,6)7)19-25-26-21(31-19)33(29,30)12-18(27)23-16-11-14(3)8-9-15(16)4/h8-9,11,13,17H,10,12H2,1-7H3,(H,23,27)(H,24,28). The topological polar surface area (TPSA) is 140 Å². The van der Waals surface area contributed by atoms with E-state index >= 15 is 0 Å². The minimum Gasteiger partial charge on any atom is -0.444 e. The van der Waals surface area contributed by atoms with Crippen LogP contribution in [0.5, 0.6) is 0 Å². The number of hydrogen-bond donors (Lipinski definition) is 2. The SMILES string of the molecule is Cc1ccc(C)c(NC(=O)CS(=O)(=O)c2nnc(C(CC(C)C)NC(=O)OC(C)(C)C)o2)c1. The highest BCUT2D eigenvalue weighted by atomic mass is 32.2. The number of carbonyl (C=O) groups is 2. The zero-order valence-electron chi connectivity index (χ0n) is 20.1. The Kier molecular flexibility index (Phi) is 8.23. The highest BCUT2D eigenvalue weighted by Crippen LogP contribution is 2.23. The van der Waals surface area contributed by atoms with Gasteiger partial charge >= 0.3 is 11.3 Å². The number of hydrogen-bond acceptors (Lipinski definition) is 8. The first-order valence-corrected chi connectivity index (χ1v) is 12.2. The summed E-state index contributed by atoms with van der Waals surface area (Å²) in [5.74, 6) is -1.55. The number of carbonyl (C=O) groups excluding carboxylic acids is 2. The molecule has 2 aromatic rings. The van der Waals surface area contributed by atoms with Crippen LogP contribution in [0.4, 0.5) is 10.5 Å². The molecule has 1 aromatic heterocycles. The van der Waals surface area contributed by atoms with Gasteiger partial charge in [0, 0.05) is 5.69 Å². The second-order valence-electron chi connectivity index (χ2n) is 9.36. The number of amides is 2. The number of nitrogens with one attached hydrogen (secondary N) is 2. The van der Waals surface area contributed by atoms with Gasteiger partial charge in [0.25, 0.3) is 0 Å². The van der Waals surface area contributed by atoms with Crippen molar-refractivity contribution in [3.63, 3.8) is 0 Å². The molecule has 0 bridgehead atoms. The molecule has 1 unspecified atom stereocenters. The van der Waals surface area contributed by atoms with Gasteiger partial charge in [-0.1, -0.05) is 31.1 Å². The Balaban J connectivity index is 2.16. The Hall–Kier alpha value is -2.95. The Morgan fingerprint density at radius 3 is 2.42 bits per heavy atom. The van der Waals surface area contributed by atoms with Crippen LogP contribution in [0.25, 0.3) is 0 Å². The van der Waals surface area contributed by atoms with Gasteiger partial charge in [0.15, 0.2) is 0 Å². The fraction of sp³-hybridized carbons (Fsp3) is 0.545. The van der Waals surface area contributed by atoms with Crippen LogP contribution in [0.2, 0.25) is 0 Å². The first kappa shape index (κ1) is 26.3. The summed E-state index contributed by atoms with van der Waals surface area (Å²) < 4.78 is 36.0. The Morgan fingerprint density at radius 1 is 1.15 bits per heavy atom. The van der Waals surface area contributed by atoms with E-state index in [0.717, 1.165) is 11.1 Å². The summed E-state index contributed by atoms with van der Waals surface area (Å²) in [5.41, 5.74) is 1.55. The Labute approximate surface area is 194 Å². The maximum Gasteiger partial charge on any atom is 0.408 e. The van der Waals surface area contributed by atoms with E-state index in [4.69, 9.17) is 9.15 Å². The molecule has 2 amide bonds. The highest BCUT2D eigenvalue weighted by Gasteiger charge is 2.30. The summed E-state index contributed by atoms with van der Waals surface area (Å²) in [7, 11) is -4.20. The van der Waals surface area contributed by atoms with E-state index < -0.39 is 44.5 Å². The zero-order valence-corrected chi connectivity index (χ0v) is 20.9. The van der Waals surface area contributed by atoms with Crippen molar-refractivity contribution in [3.8, 4) is 0 Å². The summed E-state index contributed by atoms with van der Waals surface area (Å²) in [4.78, 5) is 24.6. The van der Waals surface area contributed by atoms with Gasteiger partial charge in [-0.2, -0.15) is 0 Å². The van der Waals surface area contributed by atoms with Crippen molar-refractivity contribution in [2.45, 2.75) is 71.8 Å². The number of benzene rings is 1. The number of alkyl carbamates (subject to hydrolysis) is 1. The molecular weight excluding hydrogens is 448 g/mol. The lowest BCUT2D eigenvalue weighted by molar-refractivity contribution is -0.113. The number of aromatic nitrogens is 2. The number of anilines is 1. The Bertz CT molecular complexity index is 1100. The van der Waals surface area contributed by atoms with Crippen molar-refractivity contribution in [1.82, 2.24) is 15.5 Å². The third-order valence-corrected chi connectivity index (χ3v) is 5.71. The molecule has 0 aliphatic heterocycles. The summed E-state index contributed by atoms with van der Waals surface area (Å²) in [6.45, 7) is 12.7. The molecule has 33 heavy (non-hydrogen) atoms. The van der Waals surface area contributed by atoms with E-state index in [1.54, 1.807) is 33.8 Å². The second-order valence-corrected chi connectivity index (χ2v) is 11.2. The summed E-state index contributed by atoms with van der Waals surface area (Å²) in [6.07, 6.45) is -0.280. The van der Waals surface area contributed by atoms with Crippen LogP contribution in [-0.2, 0) is 19.4 Å². The molecule has 2 rings (SSSR count). The molecule has 0 aliphatic carbocycles. The highest BCUT2D eigenvalue weighted by molar-refractivity contribution is 7.91. The molecule has 0 fully saturated rings. The molecule has 0 saturated carbocycles. The lowest BCUT2D eigenvalue weighted by Crippen LogP contribution is -2.35. The smallest absolute Gasteiger partial charge is 0.408 e. The van der Waals surface area contributed by atoms with Crippen molar-refractivity contribution in [1.29, 1.82) is 0 Å². The predicted octanol–water partition coefficient (Wildman–Crippen LogP) is 3.71.